The summed E-state index contributed by atoms with van der Waals surface area (Å²) in [5, 5.41) is 4.79. The number of carbonyl (C=O) groups is 1. The van der Waals surface area contributed by atoms with E-state index in [1.807, 2.05) is 48.5 Å². The zero-order valence-corrected chi connectivity index (χ0v) is 21.0. The highest BCUT2D eigenvalue weighted by atomic mass is 16.5. The van der Waals surface area contributed by atoms with E-state index >= 15 is 0 Å². The van der Waals surface area contributed by atoms with Crippen LogP contribution in [0.2, 0.25) is 0 Å². The van der Waals surface area contributed by atoms with Crippen LogP contribution in [0.25, 0.3) is 21.8 Å². The first-order valence-electron chi connectivity index (χ1n) is 12.1. The van der Waals surface area contributed by atoms with Crippen LogP contribution in [0.15, 0.2) is 88.6 Å². The molecule has 0 aliphatic rings. The van der Waals surface area contributed by atoms with Crippen molar-refractivity contribution in [1.29, 1.82) is 0 Å². The summed E-state index contributed by atoms with van der Waals surface area (Å²) in [5.41, 5.74) is 0.844. The van der Waals surface area contributed by atoms with Crippen LogP contribution in [0, 0.1) is 0 Å². The van der Waals surface area contributed by atoms with E-state index in [-0.39, 0.29) is 18.6 Å². The molecule has 0 aliphatic carbocycles. The summed E-state index contributed by atoms with van der Waals surface area (Å²) in [6.45, 7) is -0.175. The fraction of sp³-hybridized carbons (Fsp3) is 0.172. The molecule has 5 aromatic rings. The predicted molar refractivity (Wildman–Crippen MR) is 146 cm³/mol. The third kappa shape index (κ3) is 4.73. The molecule has 0 spiro atoms. The Kier molecular flexibility index (Phi) is 6.90. The number of ether oxygens (including phenoxy) is 2. The van der Waals surface area contributed by atoms with Crippen molar-refractivity contribution in [3.63, 3.8) is 0 Å². The molecular weight excluding hydrogens is 484 g/mol. The molecule has 0 atom stereocenters. The fourth-order valence-corrected chi connectivity index (χ4v) is 4.54. The maximum atomic E-state index is 13.5. The van der Waals surface area contributed by atoms with Gasteiger partial charge in [-0.25, -0.2) is 9.78 Å². The Hall–Kier alpha value is -4.92. The van der Waals surface area contributed by atoms with E-state index < -0.39 is 17.2 Å². The van der Waals surface area contributed by atoms with Crippen molar-refractivity contribution in [3.05, 3.63) is 105 Å². The van der Waals surface area contributed by atoms with Gasteiger partial charge < -0.3 is 14.8 Å². The first kappa shape index (κ1) is 24.8. The van der Waals surface area contributed by atoms with Gasteiger partial charge in [-0.3, -0.25) is 18.7 Å². The number of carbonyl (C=O) groups excluding carboxylic acids is 1. The van der Waals surface area contributed by atoms with Gasteiger partial charge in [0.25, 0.3) is 5.56 Å². The van der Waals surface area contributed by atoms with Gasteiger partial charge in [0.05, 0.1) is 19.7 Å². The van der Waals surface area contributed by atoms with Crippen LogP contribution in [-0.2, 0) is 24.3 Å². The predicted octanol–water partition coefficient (Wildman–Crippen LogP) is 3.61. The number of benzene rings is 3. The number of amides is 1. The zero-order valence-electron chi connectivity index (χ0n) is 21.0. The van der Waals surface area contributed by atoms with Gasteiger partial charge in [-0.05, 0) is 47.7 Å². The van der Waals surface area contributed by atoms with Gasteiger partial charge in [0, 0.05) is 23.8 Å². The number of methoxy groups -OCH3 is 2. The first-order valence-corrected chi connectivity index (χ1v) is 12.1. The highest BCUT2D eigenvalue weighted by molar-refractivity contribution is 6.02. The van der Waals surface area contributed by atoms with Crippen LogP contribution in [0.4, 0.5) is 5.69 Å². The van der Waals surface area contributed by atoms with Crippen LogP contribution < -0.4 is 26.0 Å². The molecule has 1 amide bonds. The molecule has 9 heteroatoms. The van der Waals surface area contributed by atoms with Crippen molar-refractivity contribution < 1.29 is 14.3 Å². The van der Waals surface area contributed by atoms with Crippen molar-refractivity contribution in [2.75, 3.05) is 19.5 Å². The van der Waals surface area contributed by atoms with Crippen LogP contribution in [0.5, 0.6) is 11.5 Å². The van der Waals surface area contributed by atoms with E-state index in [2.05, 4.69) is 10.3 Å². The molecule has 2 aromatic heterocycles. The van der Waals surface area contributed by atoms with E-state index in [4.69, 9.17) is 9.47 Å². The van der Waals surface area contributed by atoms with E-state index in [0.29, 0.717) is 29.1 Å². The minimum Gasteiger partial charge on any atom is -0.493 e. The number of aryl methyl sites for hydroxylation is 1. The second kappa shape index (κ2) is 10.6. The number of fused-ring (bicyclic) bond motifs is 2. The van der Waals surface area contributed by atoms with Gasteiger partial charge >= 0.3 is 5.69 Å². The molecule has 192 valence electrons. The Balaban J connectivity index is 1.47. The lowest BCUT2D eigenvalue weighted by atomic mass is 10.1. The molecule has 0 unspecified atom stereocenters. The van der Waals surface area contributed by atoms with Gasteiger partial charge in [-0.15, -0.1) is 0 Å². The quantitative estimate of drug-likeness (QED) is 0.342. The van der Waals surface area contributed by atoms with Gasteiger partial charge in [0.2, 0.25) is 5.91 Å². The Morgan fingerprint density at radius 3 is 2.50 bits per heavy atom. The van der Waals surface area contributed by atoms with Gasteiger partial charge in [0.15, 0.2) is 17.0 Å². The Labute approximate surface area is 217 Å². The van der Waals surface area contributed by atoms with E-state index in [9.17, 15) is 14.4 Å². The van der Waals surface area contributed by atoms with Crippen molar-refractivity contribution in [3.8, 4) is 11.5 Å². The molecule has 2 heterocycles. The van der Waals surface area contributed by atoms with E-state index in [1.165, 1.54) is 10.8 Å². The van der Waals surface area contributed by atoms with Crippen molar-refractivity contribution in [2.24, 2.45) is 0 Å². The molecule has 5 rings (SSSR count). The summed E-state index contributed by atoms with van der Waals surface area (Å²) < 4.78 is 13.1. The summed E-state index contributed by atoms with van der Waals surface area (Å²) in [6, 6.07) is 22.0. The number of hydrogen-bond donors (Lipinski definition) is 1. The number of anilines is 1. The second-order valence-corrected chi connectivity index (χ2v) is 8.71. The number of nitrogens with zero attached hydrogens (tertiary/aromatic N) is 3. The molecule has 0 saturated heterocycles. The van der Waals surface area contributed by atoms with E-state index in [1.54, 1.807) is 38.5 Å². The largest absolute Gasteiger partial charge is 0.493 e. The molecule has 0 bridgehead atoms. The average molecular weight is 511 g/mol. The van der Waals surface area contributed by atoms with Crippen LogP contribution in [0.1, 0.15) is 5.56 Å². The number of nitrogens with one attached hydrogen (secondary N) is 1. The SMILES string of the molecule is COc1ccc(CCn2c(=O)c3ncccc3n(CC(=O)Nc3cccc4ccccc34)c2=O)cc1OC. The monoisotopic (exact) mass is 510 g/mol. The molecule has 0 radical (unpaired) electrons. The molecule has 1 N–H and O–H groups in total. The summed E-state index contributed by atoms with van der Waals surface area (Å²) in [4.78, 5) is 44.1. The lowest BCUT2D eigenvalue weighted by Crippen LogP contribution is -2.42. The summed E-state index contributed by atoms with van der Waals surface area (Å²) >= 11 is 0. The standard InChI is InChI=1S/C29H26N4O5/c1-37-24-13-12-19(17-25(24)38-2)14-16-32-28(35)27-23(11-6-15-30-27)33(29(32)36)18-26(34)31-22-10-5-8-20-7-3-4-9-21(20)22/h3-13,15,17H,14,16,18H2,1-2H3,(H,31,34). The van der Waals surface area contributed by atoms with Gasteiger partial charge in [-0.1, -0.05) is 42.5 Å². The molecular formula is C29H26N4O5. The third-order valence-electron chi connectivity index (χ3n) is 6.42. The molecule has 3 aromatic carbocycles. The highest BCUT2D eigenvalue weighted by Gasteiger charge is 2.17. The number of hydrogen-bond acceptors (Lipinski definition) is 6. The minimum absolute atomic E-state index is 0.102. The van der Waals surface area contributed by atoms with Crippen LogP contribution in [-0.4, -0.2) is 34.2 Å². The molecule has 0 saturated carbocycles. The summed E-state index contributed by atoms with van der Waals surface area (Å²) in [6.07, 6.45) is 1.88. The number of aromatic nitrogens is 3. The molecule has 0 aliphatic heterocycles. The zero-order chi connectivity index (χ0) is 26.6. The van der Waals surface area contributed by atoms with Crippen molar-refractivity contribution >= 4 is 33.4 Å². The maximum absolute atomic E-state index is 13.5. The normalized spacial score (nSPS) is 11.0. The van der Waals surface area contributed by atoms with Crippen LogP contribution in [0.3, 0.4) is 0 Å². The second-order valence-electron chi connectivity index (χ2n) is 8.71. The van der Waals surface area contributed by atoms with Gasteiger partial charge in [0.1, 0.15) is 6.54 Å². The smallest absolute Gasteiger partial charge is 0.332 e. The molecule has 0 fully saturated rings. The Morgan fingerprint density at radius 2 is 1.68 bits per heavy atom. The maximum Gasteiger partial charge on any atom is 0.332 e. The molecule has 38 heavy (non-hydrogen) atoms. The minimum atomic E-state index is -0.580. The highest BCUT2D eigenvalue weighted by Crippen LogP contribution is 2.28. The number of rotatable bonds is 8. The summed E-state index contributed by atoms with van der Waals surface area (Å²) in [5.74, 6) is 0.752. The topological polar surface area (TPSA) is 104 Å². The van der Waals surface area contributed by atoms with Gasteiger partial charge in [-0.2, -0.15) is 0 Å². The average Bonchev–Trinajstić information content (AvgIpc) is 2.95. The first-order chi connectivity index (χ1) is 18.5. The third-order valence-corrected chi connectivity index (χ3v) is 6.42. The molecule has 9 nitrogen and oxygen atoms in total. The Morgan fingerprint density at radius 1 is 0.895 bits per heavy atom. The summed E-state index contributed by atoms with van der Waals surface area (Å²) in [7, 11) is 3.10. The van der Waals surface area contributed by atoms with E-state index in [0.717, 1.165) is 20.9 Å². The lowest BCUT2D eigenvalue weighted by Gasteiger charge is -2.15. The van der Waals surface area contributed by atoms with Crippen molar-refractivity contribution in [1.82, 2.24) is 14.1 Å². The fourth-order valence-electron chi connectivity index (χ4n) is 4.54. The lowest BCUT2D eigenvalue weighted by molar-refractivity contribution is -0.116. The van der Waals surface area contributed by atoms with Crippen molar-refractivity contribution in [2.45, 2.75) is 19.5 Å². The number of pyridine rings is 1. The van der Waals surface area contributed by atoms with Crippen LogP contribution >= 0.6 is 0 Å². The Bertz CT molecular complexity index is 1770.